The van der Waals surface area contributed by atoms with Crippen LogP contribution in [0.15, 0.2) is 0 Å². The molecular formula is C4H9BrO4S. The van der Waals surface area contributed by atoms with E-state index in [1.807, 2.05) is 0 Å². The van der Waals surface area contributed by atoms with E-state index in [-0.39, 0.29) is 4.83 Å². The van der Waals surface area contributed by atoms with E-state index < -0.39 is 22.0 Å². The lowest BCUT2D eigenvalue weighted by molar-refractivity contribution is 0.198. The van der Waals surface area contributed by atoms with Crippen LogP contribution in [0.25, 0.3) is 0 Å². The smallest absolute Gasteiger partial charge is 0.267 e. The van der Waals surface area contributed by atoms with Crippen molar-refractivity contribution in [2.45, 2.75) is 17.9 Å². The zero-order chi connectivity index (χ0) is 8.36. The first-order valence-corrected chi connectivity index (χ1v) is 5.12. The molecule has 2 unspecified atom stereocenters. The molecule has 10 heavy (non-hydrogen) atoms. The number of alkyl halides is 1. The molecule has 0 radical (unpaired) electrons. The van der Waals surface area contributed by atoms with Crippen LogP contribution in [0.4, 0.5) is 0 Å². The van der Waals surface area contributed by atoms with Crippen LogP contribution in [0.5, 0.6) is 0 Å². The van der Waals surface area contributed by atoms with Crippen molar-refractivity contribution in [2.24, 2.45) is 0 Å². The number of rotatable bonds is 3. The molecule has 0 bridgehead atoms. The van der Waals surface area contributed by atoms with Crippen molar-refractivity contribution >= 4 is 26.0 Å². The van der Waals surface area contributed by atoms with Crippen molar-refractivity contribution in [3.63, 3.8) is 0 Å². The van der Waals surface area contributed by atoms with Crippen LogP contribution in [0, 0.1) is 0 Å². The van der Waals surface area contributed by atoms with Crippen molar-refractivity contribution in [2.75, 3.05) is 5.75 Å². The SMILES string of the molecule is CC(Br)C(O)CS(=O)(=O)O. The third-order valence-electron chi connectivity index (χ3n) is 0.912. The van der Waals surface area contributed by atoms with Gasteiger partial charge >= 0.3 is 0 Å². The Kier molecular flexibility index (Phi) is 3.79. The molecule has 0 aromatic heterocycles. The second-order valence-corrected chi connectivity index (χ2v) is 4.93. The molecular weight excluding hydrogens is 224 g/mol. The number of hydrogen-bond acceptors (Lipinski definition) is 3. The lowest BCUT2D eigenvalue weighted by atomic mass is 10.3. The maximum atomic E-state index is 10.1. The summed E-state index contributed by atoms with van der Waals surface area (Å²) in [5, 5.41) is 8.88. The molecule has 0 amide bonds. The van der Waals surface area contributed by atoms with Crippen molar-refractivity contribution in [3.05, 3.63) is 0 Å². The summed E-state index contributed by atoms with van der Waals surface area (Å²) in [7, 11) is -4.05. The summed E-state index contributed by atoms with van der Waals surface area (Å²) in [4.78, 5) is -0.338. The summed E-state index contributed by atoms with van der Waals surface area (Å²) >= 11 is 2.97. The maximum absolute atomic E-state index is 10.1. The average Bonchev–Trinajstić information content (AvgIpc) is 1.60. The maximum Gasteiger partial charge on any atom is 0.267 e. The molecule has 0 aromatic carbocycles. The molecule has 2 N–H and O–H groups in total. The van der Waals surface area contributed by atoms with Crippen molar-refractivity contribution in [1.29, 1.82) is 0 Å². The highest BCUT2D eigenvalue weighted by molar-refractivity contribution is 9.09. The van der Waals surface area contributed by atoms with Gasteiger partial charge in [-0.25, -0.2) is 0 Å². The Morgan fingerprint density at radius 1 is 1.60 bits per heavy atom. The fourth-order valence-corrected chi connectivity index (χ4v) is 1.50. The van der Waals surface area contributed by atoms with Gasteiger partial charge in [0.1, 0.15) is 5.75 Å². The van der Waals surface area contributed by atoms with E-state index in [1.54, 1.807) is 6.92 Å². The molecule has 0 saturated carbocycles. The molecule has 0 rings (SSSR count). The molecule has 0 heterocycles. The molecule has 6 heteroatoms. The van der Waals surface area contributed by atoms with Gasteiger partial charge in [0.2, 0.25) is 0 Å². The lowest BCUT2D eigenvalue weighted by Gasteiger charge is -2.09. The first kappa shape index (κ1) is 10.3. The van der Waals surface area contributed by atoms with Gasteiger partial charge in [-0.2, -0.15) is 8.42 Å². The average molecular weight is 233 g/mol. The minimum atomic E-state index is -4.05. The second-order valence-electron chi connectivity index (χ2n) is 1.99. The van der Waals surface area contributed by atoms with Crippen LogP contribution >= 0.6 is 15.9 Å². The first-order chi connectivity index (χ1) is 4.33. The standard InChI is InChI=1S/C4H9BrO4S/c1-3(5)4(6)2-10(7,8)9/h3-4,6H,2H2,1H3,(H,7,8,9). The van der Waals surface area contributed by atoms with Crippen LogP contribution in [0.2, 0.25) is 0 Å². The molecule has 0 fully saturated rings. The van der Waals surface area contributed by atoms with Crippen LogP contribution < -0.4 is 0 Å². The van der Waals surface area contributed by atoms with Gasteiger partial charge in [-0.1, -0.05) is 22.9 Å². The number of aliphatic hydroxyl groups excluding tert-OH is 1. The normalized spacial score (nSPS) is 18.4. The zero-order valence-electron chi connectivity index (χ0n) is 5.36. The van der Waals surface area contributed by atoms with Crippen LogP contribution in [0.1, 0.15) is 6.92 Å². The minimum absolute atomic E-state index is 0.338. The van der Waals surface area contributed by atoms with Gasteiger partial charge in [0.05, 0.1) is 6.10 Å². The highest BCUT2D eigenvalue weighted by Gasteiger charge is 2.17. The van der Waals surface area contributed by atoms with E-state index in [1.165, 1.54) is 0 Å². The van der Waals surface area contributed by atoms with Crippen molar-refractivity contribution in [3.8, 4) is 0 Å². The Bertz CT molecular complexity index is 185. The molecule has 2 atom stereocenters. The Labute approximate surface area is 68.1 Å². The molecule has 0 aliphatic carbocycles. The van der Waals surface area contributed by atoms with Gasteiger partial charge < -0.3 is 5.11 Å². The highest BCUT2D eigenvalue weighted by Crippen LogP contribution is 2.05. The Hall–Kier alpha value is 0.350. The van der Waals surface area contributed by atoms with Crippen LogP contribution in [-0.4, -0.2) is 34.8 Å². The molecule has 0 spiro atoms. The van der Waals surface area contributed by atoms with E-state index in [4.69, 9.17) is 9.66 Å². The fourth-order valence-electron chi connectivity index (χ4n) is 0.348. The highest BCUT2D eigenvalue weighted by atomic mass is 79.9. The molecule has 4 nitrogen and oxygen atoms in total. The number of aliphatic hydroxyl groups is 1. The van der Waals surface area contributed by atoms with Crippen molar-refractivity contribution < 1.29 is 18.1 Å². The van der Waals surface area contributed by atoms with E-state index in [0.717, 1.165) is 0 Å². The summed E-state index contributed by atoms with van der Waals surface area (Å²) in [6.07, 6.45) is -1.06. The zero-order valence-corrected chi connectivity index (χ0v) is 7.76. The summed E-state index contributed by atoms with van der Waals surface area (Å²) in [5.74, 6) is -0.626. The van der Waals surface area contributed by atoms with Crippen LogP contribution in [0.3, 0.4) is 0 Å². The van der Waals surface area contributed by atoms with E-state index >= 15 is 0 Å². The van der Waals surface area contributed by atoms with E-state index in [0.29, 0.717) is 0 Å². The largest absolute Gasteiger partial charge is 0.391 e. The summed E-state index contributed by atoms with van der Waals surface area (Å²) in [5.41, 5.74) is 0. The third-order valence-corrected chi connectivity index (χ3v) is 2.28. The van der Waals surface area contributed by atoms with Gasteiger partial charge in [0.15, 0.2) is 0 Å². The van der Waals surface area contributed by atoms with Gasteiger partial charge in [-0.3, -0.25) is 4.55 Å². The predicted octanol–water partition coefficient (Wildman–Crippen LogP) is 0.0185. The fraction of sp³-hybridized carbons (Fsp3) is 1.00. The molecule has 0 aromatic rings. The third kappa shape index (κ3) is 5.16. The van der Waals surface area contributed by atoms with Gasteiger partial charge in [-0.15, -0.1) is 0 Å². The van der Waals surface area contributed by atoms with Gasteiger partial charge in [0, 0.05) is 4.83 Å². The number of hydrogen-bond donors (Lipinski definition) is 2. The van der Waals surface area contributed by atoms with Crippen molar-refractivity contribution in [1.82, 2.24) is 0 Å². The minimum Gasteiger partial charge on any atom is -0.391 e. The lowest BCUT2D eigenvalue weighted by Crippen LogP contribution is -2.26. The summed E-state index contributed by atoms with van der Waals surface area (Å²) in [6.45, 7) is 1.59. The van der Waals surface area contributed by atoms with E-state index in [9.17, 15) is 8.42 Å². The van der Waals surface area contributed by atoms with E-state index in [2.05, 4.69) is 15.9 Å². The Morgan fingerprint density at radius 2 is 2.00 bits per heavy atom. The monoisotopic (exact) mass is 232 g/mol. The number of halogens is 1. The predicted molar refractivity (Wildman–Crippen MR) is 40.8 cm³/mol. The Morgan fingerprint density at radius 3 is 2.10 bits per heavy atom. The van der Waals surface area contributed by atoms with Crippen LogP contribution in [-0.2, 0) is 10.1 Å². The molecule has 62 valence electrons. The second kappa shape index (κ2) is 3.66. The molecule has 0 aliphatic rings. The topological polar surface area (TPSA) is 74.6 Å². The molecule has 0 saturated heterocycles. The van der Waals surface area contributed by atoms with Gasteiger partial charge in [0.25, 0.3) is 10.1 Å². The first-order valence-electron chi connectivity index (χ1n) is 2.60. The van der Waals surface area contributed by atoms with Gasteiger partial charge in [-0.05, 0) is 0 Å². The summed E-state index contributed by atoms with van der Waals surface area (Å²) in [6, 6.07) is 0. The molecule has 0 aliphatic heterocycles. The Balaban J connectivity index is 3.93. The quantitative estimate of drug-likeness (QED) is 0.532. The summed E-state index contributed by atoms with van der Waals surface area (Å²) < 4.78 is 28.5.